The van der Waals surface area contributed by atoms with Crippen LogP contribution in [0.4, 0.5) is 5.69 Å². The van der Waals surface area contributed by atoms with Crippen LogP contribution in [0.5, 0.6) is 5.75 Å². The van der Waals surface area contributed by atoms with Gasteiger partial charge in [-0.25, -0.2) is 8.42 Å². The summed E-state index contributed by atoms with van der Waals surface area (Å²) in [7, 11) is -2.34. The fourth-order valence-corrected chi connectivity index (χ4v) is 4.94. The Hall–Kier alpha value is -2.62. The van der Waals surface area contributed by atoms with E-state index in [1.165, 1.54) is 19.4 Å². The van der Waals surface area contributed by atoms with E-state index in [2.05, 4.69) is 5.32 Å². The number of carbonyl (C=O) groups is 1. The van der Waals surface area contributed by atoms with E-state index < -0.39 is 15.9 Å². The van der Waals surface area contributed by atoms with Crippen LogP contribution in [0, 0.1) is 0 Å². The van der Waals surface area contributed by atoms with Crippen LogP contribution in [0.2, 0.25) is 0 Å². The largest absolute Gasteiger partial charge is 0.495 e. The molecule has 9 heteroatoms. The molecule has 27 heavy (non-hydrogen) atoms. The van der Waals surface area contributed by atoms with Crippen LogP contribution < -0.4 is 10.1 Å². The van der Waals surface area contributed by atoms with Gasteiger partial charge in [0, 0.05) is 0 Å². The first-order valence-corrected chi connectivity index (χ1v) is 10.3. The molecule has 1 amide bonds. The van der Waals surface area contributed by atoms with Crippen molar-refractivity contribution in [3.05, 3.63) is 65.9 Å². The number of para-hydroxylation sites is 2. The second-order valence-electron chi connectivity index (χ2n) is 5.53. The summed E-state index contributed by atoms with van der Waals surface area (Å²) >= 11 is 1.10. The maximum Gasteiger partial charge on any atom is 0.253 e. The molecule has 0 atom stereocenters. The zero-order chi connectivity index (χ0) is 19.3. The maximum absolute atomic E-state index is 12.9. The van der Waals surface area contributed by atoms with Gasteiger partial charge in [0.05, 0.1) is 32.1 Å². The normalized spacial score (nSPS) is 11.5. The number of anilines is 1. The van der Waals surface area contributed by atoms with Crippen LogP contribution in [0.1, 0.15) is 5.76 Å². The van der Waals surface area contributed by atoms with Gasteiger partial charge in [-0.15, -0.1) is 11.3 Å². The number of methoxy groups -OCH3 is 1. The number of furan rings is 1. The molecule has 0 saturated carbocycles. The predicted octanol–water partition coefficient (Wildman–Crippen LogP) is 3.18. The van der Waals surface area contributed by atoms with Crippen LogP contribution in [-0.2, 0) is 21.4 Å². The van der Waals surface area contributed by atoms with Crippen molar-refractivity contribution in [2.24, 2.45) is 0 Å². The van der Waals surface area contributed by atoms with E-state index >= 15 is 0 Å². The lowest BCUT2D eigenvalue weighted by Gasteiger charge is -2.20. The molecule has 0 aliphatic carbocycles. The lowest BCUT2D eigenvalue weighted by atomic mass is 10.3. The molecule has 1 aromatic carbocycles. The second-order valence-corrected chi connectivity index (χ2v) is 8.65. The number of nitrogens with zero attached hydrogens (tertiary/aromatic N) is 1. The van der Waals surface area contributed by atoms with Crippen molar-refractivity contribution in [3.8, 4) is 5.75 Å². The standard InChI is InChI=1S/C18H18N2O5S2/c1-24-16-8-3-2-7-15(16)19-17(21)13-20(12-14-6-4-10-25-14)27(22,23)18-9-5-11-26-18/h2-11H,12-13H2,1H3,(H,19,21). The van der Waals surface area contributed by atoms with Gasteiger partial charge in [0.2, 0.25) is 5.91 Å². The summed E-state index contributed by atoms with van der Waals surface area (Å²) in [6.45, 7) is -0.411. The van der Waals surface area contributed by atoms with Crippen molar-refractivity contribution in [3.63, 3.8) is 0 Å². The number of hydrogen-bond acceptors (Lipinski definition) is 6. The molecular weight excluding hydrogens is 388 g/mol. The molecule has 0 saturated heterocycles. The third-order valence-corrected chi connectivity index (χ3v) is 6.87. The quantitative estimate of drug-likeness (QED) is 0.621. The van der Waals surface area contributed by atoms with Gasteiger partial charge in [-0.05, 0) is 35.7 Å². The summed E-state index contributed by atoms with van der Waals surface area (Å²) in [6, 6.07) is 13.4. The summed E-state index contributed by atoms with van der Waals surface area (Å²) in [5.74, 6) is 0.455. The first-order chi connectivity index (χ1) is 13.0. The molecular formula is C18H18N2O5S2. The fraction of sp³-hybridized carbons (Fsp3) is 0.167. The number of thiophene rings is 1. The summed E-state index contributed by atoms with van der Waals surface area (Å²) in [5, 5.41) is 4.37. The fourth-order valence-electron chi connectivity index (χ4n) is 2.44. The number of rotatable bonds is 8. The van der Waals surface area contributed by atoms with E-state index in [1.807, 2.05) is 0 Å². The predicted molar refractivity (Wildman–Crippen MR) is 102 cm³/mol. The molecule has 142 valence electrons. The topological polar surface area (TPSA) is 88.8 Å². The van der Waals surface area contributed by atoms with Gasteiger partial charge in [0.15, 0.2) is 0 Å². The molecule has 0 bridgehead atoms. The van der Waals surface area contributed by atoms with Gasteiger partial charge in [-0.3, -0.25) is 4.79 Å². The van der Waals surface area contributed by atoms with Crippen molar-refractivity contribution in [2.75, 3.05) is 19.0 Å². The van der Waals surface area contributed by atoms with Gasteiger partial charge in [-0.1, -0.05) is 18.2 Å². The minimum atomic E-state index is -3.84. The number of ether oxygens (including phenoxy) is 1. The summed E-state index contributed by atoms with van der Waals surface area (Å²) in [5.41, 5.74) is 0.469. The van der Waals surface area contributed by atoms with E-state index in [1.54, 1.807) is 47.8 Å². The first kappa shape index (κ1) is 19.2. The SMILES string of the molecule is COc1ccccc1NC(=O)CN(Cc1ccco1)S(=O)(=O)c1cccs1. The molecule has 3 rings (SSSR count). The third kappa shape index (κ3) is 4.57. The first-order valence-electron chi connectivity index (χ1n) is 7.99. The van der Waals surface area contributed by atoms with Crippen LogP contribution in [0.15, 0.2) is 68.8 Å². The zero-order valence-electron chi connectivity index (χ0n) is 14.5. The molecule has 0 fully saturated rings. The van der Waals surface area contributed by atoms with Gasteiger partial charge in [-0.2, -0.15) is 4.31 Å². The lowest BCUT2D eigenvalue weighted by Crippen LogP contribution is -2.37. The highest BCUT2D eigenvalue weighted by atomic mass is 32.2. The molecule has 2 aromatic heterocycles. The molecule has 2 heterocycles. The van der Waals surface area contributed by atoms with Crippen LogP contribution >= 0.6 is 11.3 Å². The average Bonchev–Trinajstić information content (AvgIpc) is 3.36. The van der Waals surface area contributed by atoms with E-state index in [4.69, 9.17) is 9.15 Å². The van der Waals surface area contributed by atoms with Crippen molar-refractivity contribution in [1.29, 1.82) is 0 Å². The van der Waals surface area contributed by atoms with E-state index in [-0.39, 0.29) is 17.3 Å². The Morgan fingerprint density at radius 1 is 1.19 bits per heavy atom. The van der Waals surface area contributed by atoms with Crippen LogP contribution in [0.3, 0.4) is 0 Å². The Morgan fingerprint density at radius 3 is 2.67 bits per heavy atom. The number of carbonyl (C=O) groups excluding carboxylic acids is 1. The maximum atomic E-state index is 12.9. The molecule has 0 spiro atoms. The molecule has 0 aliphatic heterocycles. The van der Waals surface area contributed by atoms with E-state index in [0.29, 0.717) is 17.2 Å². The highest BCUT2D eigenvalue weighted by Crippen LogP contribution is 2.25. The minimum absolute atomic E-state index is 0.0490. The van der Waals surface area contributed by atoms with Gasteiger partial charge < -0.3 is 14.5 Å². The highest BCUT2D eigenvalue weighted by molar-refractivity contribution is 7.91. The Bertz CT molecular complexity index is 983. The van der Waals surface area contributed by atoms with E-state index in [0.717, 1.165) is 15.6 Å². The Morgan fingerprint density at radius 2 is 2.00 bits per heavy atom. The molecule has 7 nitrogen and oxygen atoms in total. The number of nitrogens with one attached hydrogen (secondary N) is 1. The van der Waals surface area contributed by atoms with Crippen molar-refractivity contribution in [2.45, 2.75) is 10.8 Å². The van der Waals surface area contributed by atoms with Gasteiger partial charge in [0.1, 0.15) is 15.7 Å². The number of hydrogen-bond donors (Lipinski definition) is 1. The smallest absolute Gasteiger partial charge is 0.253 e. The minimum Gasteiger partial charge on any atom is -0.495 e. The number of benzene rings is 1. The Balaban J connectivity index is 1.82. The van der Waals surface area contributed by atoms with E-state index in [9.17, 15) is 13.2 Å². The monoisotopic (exact) mass is 406 g/mol. The molecule has 0 radical (unpaired) electrons. The lowest BCUT2D eigenvalue weighted by molar-refractivity contribution is -0.116. The third-order valence-electron chi connectivity index (χ3n) is 3.70. The average molecular weight is 406 g/mol. The molecule has 0 aliphatic rings. The summed E-state index contributed by atoms with van der Waals surface area (Å²) < 4.78 is 37.6. The Labute approximate surface area is 161 Å². The Kier molecular flexibility index (Phi) is 5.94. The van der Waals surface area contributed by atoms with Crippen molar-refractivity contribution < 1.29 is 22.4 Å². The van der Waals surface area contributed by atoms with Gasteiger partial charge in [0.25, 0.3) is 10.0 Å². The second kappa shape index (κ2) is 8.38. The molecule has 0 unspecified atom stereocenters. The van der Waals surface area contributed by atoms with Crippen LogP contribution in [-0.4, -0.2) is 32.3 Å². The highest BCUT2D eigenvalue weighted by Gasteiger charge is 2.28. The van der Waals surface area contributed by atoms with Gasteiger partial charge >= 0.3 is 0 Å². The van der Waals surface area contributed by atoms with Crippen molar-refractivity contribution >= 4 is 33.0 Å². The molecule has 3 aromatic rings. The summed E-state index contributed by atoms with van der Waals surface area (Å²) in [6.07, 6.45) is 1.46. The number of sulfonamides is 1. The summed E-state index contributed by atoms with van der Waals surface area (Å²) in [4.78, 5) is 12.5. The van der Waals surface area contributed by atoms with Crippen molar-refractivity contribution in [1.82, 2.24) is 4.31 Å². The number of amides is 1. The zero-order valence-corrected chi connectivity index (χ0v) is 16.1. The van der Waals surface area contributed by atoms with Crippen LogP contribution in [0.25, 0.3) is 0 Å². The molecule has 1 N–H and O–H groups in total.